The van der Waals surface area contributed by atoms with Gasteiger partial charge in [0.2, 0.25) is 5.91 Å². The number of hydrogen-bond donors (Lipinski definition) is 3. The highest BCUT2D eigenvalue weighted by Crippen LogP contribution is 2.26. The van der Waals surface area contributed by atoms with Gasteiger partial charge in [0.05, 0.1) is 34.0 Å². The highest BCUT2D eigenvalue weighted by molar-refractivity contribution is 7.92. The number of nitrogens with one attached hydrogen (secondary N) is 2. The first-order chi connectivity index (χ1) is 12.7. The average Bonchev–Trinajstić information content (AvgIpc) is 2.63. The third-order valence-corrected chi connectivity index (χ3v) is 5.97. The standard InChI is InChI=1S/C18H20Cl2N2O4S/c1-2-13(11-23)21-18(24)9-12-3-5-14(6-4-12)22-27(25,26)15-7-8-16(19)17(20)10-15/h3-8,10,13,22-23H,2,9,11H2,1H3,(H,21,24). The summed E-state index contributed by atoms with van der Waals surface area (Å²) in [6.45, 7) is 1.76. The van der Waals surface area contributed by atoms with Crippen LogP contribution in [0.25, 0.3) is 0 Å². The second kappa shape index (κ2) is 9.41. The molecule has 0 bridgehead atoms. The highest BCUT2D eigenvalue weighted by atomic mass is 35.5. The number of carbonyl (C=O) groups excluding carboxylic acids is 1. The number of sulfonamides is 1. The maximum atomic E-state index is 12.4. The minimum Gasteiger partial charge on any atom is -0.394 e. The minimum absolute atomic E-state index is 0.00466. The zero-order chi connectivity index (χ0) is 20.0. The molecule has 146 valence electrons. The maximum absolute atomic E-state index is 12.4. The number of rotatable bonds is 8. The second-order valence-corrected chi connectivity index (χ2v) is 8.41. The summed E-state index contributed by atoms with van der Waals surface area (Å²) in [5.41, 5.74) is 1.07. The molecule has 0 aliphatic heterocycles. The third-order valence-electron chi connectivity index (χ3n) is 3.85. The van der Waals surface area contributed by atoms with Crippen molar-refractivity contribution in [2.45, 2.75) is 30.7 Å². The maximum Gasteiger partial charge on any atom is 0.261 e. The fourth-order valence-electron chi connectivity index (χ4n) is 2.29. The van der Waals surface area contributed by atoms with E-state index in [9.17, 15) is 13.2 Å². The largest absolute Gasteiger partial charge is 0.394 e. The zero-order valence-electron chi connectivity index (χ0n) is 14.6. The van der Waals surface area contributed by atoms with Crippen LogP contribution in [0.2, 0.25) is 10.0 Å². The third kappa shape index (κ3) is 6.10. The van der Waals surface area contributed by atoms with Crippen LogP contribution in [0.4, 0.5) is 5.69 Å². The van der Waals surface area contributed by atoms with Gasteiger partial charge in [-0.1, -0.05) is 42.3 Å². The van der Waals surface area contributed by atoms with Crippen molar-refractivity contribution in [2.75, 3.05) is 11.3 Å². The number of aliphatic hydroxyl groups is 1. The highest BCUT2D eigenvalue weighted by Gasteiger charge is 2.16. The first kappa shape index (κ1) is 21.5. The van der Waals surface area contributed by atoms with Crippen molar-refractivity contribution in [1.29, 1.82) is 0 Å². The fraction of sp³-hybridized carbons (Fsp3) is 0.278. The van der Waals surface area contributed by atoms with Gasteiger partial charge in [-0.2, -0.15) is 0 Å². The van der Waals surface area contributed by atoms with E-state index in [0.29, 0.717) is 12.1 Å². The lowest BCUT2D eigenvalue weighted by Crippen LogP contribution is -2.37. The van der Waals surface area contributed by atoms with Crippen molar-refractivity contribution in [3.8, 4) is 0 Å². The van der Waals surface area contributed by atoms with Crippen molar-refractivity contribution in [3.05, 3.63) is 58.1 Å². The van der Waals surface area contributed by atoms with Crippen LogP contribution in [0.5, 0.6) is 0 Å². The SMILES string of the molecule is CCC(CO)NC(=O)Cc1ccc(NS(=O)(=O)c2ccc(Cl)c(Cl)c2)cc1. The molecule has 0 spiro atoms. The quantitative estimate of drug-likeness (QED) is 0.598. The summed E-state index contributed by atoms with van der Waals surface area (Å²) in [6.07, 6.45) is 0.772. The molecule has 0 fully saturated rings. The molecule has 2 aromatic carbocycles. The molecular formula is C18H20Cl2N2O4S. The number of aliphatic hydroxyl groups excluding tert-OH is 1. The summed E-state index contributed by atoms with van der Waals surface area (Å²) in [5, 5.41) is 12.3. The molecule has 2 rings (SSSR count). The number of halogens is 2. The van der Waals surface area contributed by atoms with Gasteiger partial charge in [-0.05, 0) is 42.3 Å². The molecule has 1 atom stereocenters. The second-order valence-electron chi connectivity index (χ2n) is 5.91. The molecule has 6 nitrogen and oxygen atoms in total. The Bertz CT molecular complexity index is 898. The van der Waals surface area contributed by atoms with Crippen LogP contribution in [0, 0.1) is 0 Å². The van der Waals surface area contributed by atoms with Crippen molar-refractivity contribution < 1.29 is 18.3 Å². The van der Waals surface area contributed by atoms with E-state index in [1.54, 1.807) is 24.3 Å². The topological polar surface area (TPSA) is 95.5 Å². The van der Waals surface area contributed by atoms with Crippen LogP contribution in [-0.4, -0.2) is 32.1 Å². The Morgan fingerprint density at radius 2 is 1.78 bits per heavy atom. The zero-order valence-corrected chi connectivity index (χ0v) is 16.9. The Balaban J connectivity index is 2.04. The fourth-order valence-corrected chi connectivity index (χ4v) is 3.74. The summed E-state index contributed by atoms with van der Waals surface area (Å²) in [5.74, 6) is -0.208. The van der Waals surface area contributed by atoms with Crippen LogP contribution in [0.1, 0.15) is 18.9 Å². The Hall–Kier alpha value is -1.80. The van der Waals surface area contributed by atoms with Gasteiger partial charge >= 0.3 is 0 Å². The van der Waals surface area contributed by atoms with E-state index in [1.807, 2.05) is 6.92 Å². The van der Waals surface area contributed by atoms with E-state index >= 15 is 0 Å². The number of hydrogen-bond acceptors (Lipinski definition) is 4. The van der Waals surface area contributed by atoms with Gasteiger partial charge in [0.1, 0.15) is 0 Å². The Morgan fingerprint density at radius 1 is 1.11 bits per heavy atom. The van der Waals surface area contributed by atoms with Crippen LogP contribution in [-0.2, 0) is 21.2 Å². The number of carbonyl (C=O) groups is 1. The predicted molar refractivity (Wildman–Crippen MR) is 107 cm³/mol. The molecule has 0 aromatic heterocycles. The lowest BCUT2D eigenvalue weighted by atomic mass is 10.1. The molecule has 1 unspecified atom stereocenters. The monoisotopic (exact) mass is 430 g/mol. The van der Waals surface area contributed by atoms with Gasteiger partial charge in [0, 0.05) is 5.69 Å². The normalized spacial score (nSPS) is 12.4. The number of amides is 1. The summed E-state index contributed by atoms with van der Waals surface area (Å²) < 4.78 is 27.3. The van der Waals surface area contributed by atoms with Crippen molar-refractivity contribution in [1.82, 2.24) is 5.32 Å². The van der Waals surface area contributed by atoms with Crippen molar-refractivity contribution >= 4 is 44.8 Å². The smallest absolute Gasteiger partial charge is 0.261 e. The van der Waals surface area contributed by atoms with Crippen LogP contribution in [0.3, 0.4) is 0 Å². The first-order valence-electron chi connectivity index (χ1n) is 8.22. The van der Waals surface area contributed by atoms with Crippen molar-refractivity contribution in [3.63, 3.8) is 0 Å². The average molecular weight is 431 g/mol. The molecular weight excluding hydrogens is 411 g/mol. The van der Waals surface area contributed by atoms with Gasteiger partial charge in [-0.3, -0.25) is 9.52 Å². The molecule has 2 aromatic rings. The van der Waals surface area contributed by atoms with Gasteiger partial charge < -0.3 is 10.4 Å². The Kier molecular flexibility index (Phi) is 7.49. The van der Waals surface area contributed by atoms with Gasteiger partial charge in [-0.25, -0.2) is 8.42 Å². The lowest BCUT2D eigenvalue weighted by Gasteiger charge is -2.14. The molecule has 0 saturated carbocycles. The summed E-state index contributed by atoms with van der Waals surface area (Å²) in [6, 6.07) is 10.2. The van der Waals surface area contributed by atoms with Gasteiger partial charge in [-0.15, -0.1) is 0 Å². The number of benzene rings is 2. The van der Waals surface area contributed by atoms with Gasteiger partial charge in [0.15, 0.2) is 0 Å². The van der Waals surface area contributed by atoms with E-state index in [-0.39, 0.29) is 39.9 Å². The van der Waals surface area contributed by atoms with Crippen LogP contribution in [0.15, 0.2) is 47.4 Å². The van der Waals surface area contributed by atoms with Crippen molar-refractivity contribution in [2.24, 2.45) is 0 Å². The number of anilines is 1. The van der Waals surface area contributed by atoms with Crippen LogP contribution < -0.4 is 10.0 Å². The molecule has 27 heavy (non-hydrogen) atoms. The molecule has 9 heteroatoms. The van der Waals surface area contributed by atoms with E-state index in [2.05, 4.69) is 10.0 Å². The molecule has 3 N–H and O–H groups in total. The molecule has 0 saturated heterocycles. The van der Waals surface area contributed by atoms with E-state index in [4.69, 9.17) is 28.3 Å². The van der Waals surface area contributed by atoms with E-state index < -0.39 is 10.0 Å². The lowest BCUT2D eigenvalue weighted by molar-refractivity contribution is -0.121. The Labute approximate surface area is 168 Å². The minimum atomic E-state index is -3.81. The first-order valence-corrected chi connectivity index (χ1v) is 10.5. The Morgan fingerprint density at radius 3 is 2.33 bits per heavy atom. The summed E-state index contributed by atoms with van der Waals surface area (Å²) >= 11 is 11.7. The van der Waals surface area contributed by atoms with Crippen LogP contribution >= 0.6 is 23.2 Å². The molecule has 1 amide bonds. The molecule has 0 radical (unpaired) electrons. The molecule has 0 heterocycles. The summed E-state index contributed by atoms with van der Waals surface area (Å²) in [4.78, 5) is 11.9. The van der Waals surface area contributed by atoms with E-state index in [0.717, 1.165) is 5.56 Å². The molecule has 0 aliphatic carbocycles. The summed E-state index contributed by atoms with van der Waals surface area (Å²) in [7, 11) is -3.81. The van der Waals surface area contributed by atoms with E-state index in [1.165, 1.54) is 18.2 Å². The predicted octanol–water partition coefficient (Wildman–Crippen LogP) is 3.22. The van der Waals surface area contributed by atoms with Gasteiger partial charge in [0.25, 0.3) is 10.0 Å². The molecule has 0 aliphatic rings.